The molecule has 0 aliphatic carbocycles. The molecule has 2 aliphatic heterocycles. The van der Waals surface area contributed by atoms with Crippen molar-refractivity contribution in [3.63, 3.8) is 0 Å². The highest BCUT2D eigenvalue weighted by Crippen LogP contribution is 2.21. The minimum Gasteiger partial charge on any atom is -0.444 e. The lowest BCUT2D eigenvalue weighted by Crippen LogP contribution is -2.55. The summed E-state index contributed by atoms with van der Waals surface area (Å²) in [7, 11) is 0. The SMILES string of the molecule is CC1CN(C(=O)C(C)N2CCC(CNC(=O)OC(C)(C)C)CC2)CC(C)O1. The first-order chi connectivity index (χ1) is 12.5. The summed E-state index contributed by atoms with van der Waals surface area (Å²) in [6, 6.07) is -0.109. The first-order valence-electron chi connectivity index (χ1n) is 10.2. The number of morpholine rings is 1. The number of hydrogen-bond acceptors (Lipinski definition) is 5. The second kappa shape index (κ2) is 9.24. The van der Waals surface area contributed by atoms with Crippen LogP contribution >= 0.6 is 0 Å². The van der Waals surface area contributed by atoms with Gasteiger partial charge in [-0.15, -0.1) is 0 Å². The lowest BCUT2D eigenvalue weighted by atomic mass is 9.95. The smallest absolute Gasteiger partial charge is 0.407 e. The first kappa shape index (κ1) is 22.0. The van der Waals surface area contributed by atoms with Crippen molar-refractivity contribution in [3.05, 3.63) is 0 Å². The van der Waals surface area contributed by atoms with Crippen molar-refractivity contribution >= 4 is 12.0 Å². The lowest BCUT2D eigenvalue weighted by Gasteiger charge is -2.40. The third kappa shape index (κ3) is 6.96. The zero-order valence-corrected chi connectivity index (χ0v) is 17.8. The average Bonchev–Trinajstić information content (AvgIpc) is 2.57. The number of alkyl carbamates (subject to hydrolysis) is 1. The summed E-state index contributed by atoms with van der Waals surface area (Å²) >= 11 is 0. The summed E-state index contributed by atoms with van der Waals surface area (Å²) in [5.74, 6) is 0.627. The molecule has 2 heterocycles. The first-order valence-corrected chi connectivity index (χ1v) is 10.2. The van der Waals surface area contributed by atoms with E-state index in [1.165, 1.54) is 0 Å². The maximum Gasteiger partial charge on any atom is 0.407 e. The Morgan fingerprint density at radius 3 is 2.22 bits per heavy atom. The topological polar surface area (TPSA) is 71.1 Å². The van der Waals surface area contributed by atoms with Gasteiger partial charge in [0.2, 0.25) is 5.91 Å². The van der Waals surface area contributed by atoms with Crippen LogP contribution in [0.4, 0.5) is 4.79 Å². The Hall–Kier alpha value is -1.34. The Kier molecular flexibility index (Phi) is 7.51. The van der Waals surface area contributed by atoms with Gasteiger partial charge in [0, 0.05) is 19.6 Å². The van der Waals surface area contributed by atoms with Gasteiger partial charge in [-0.2, -0.15) is 0 Å². The number of carbonyl (C=O) groups is 2. The molecule has 2 aliphatic rings. The van der Waals surface area contributed by atoms with E-state index in [0.29, 0.717) is 25.6 Å². The van der Waals surface area contributed by atoms with Gasteiger partial charge >= 0.3 is 6.09 Å². The number of nitrogens with zero attached hydrogens (tertiary/aromatic N) is 2. The zero-order valence-electron chi connectivity index (χ0n) is 17.8. The molecule has 156 valence electrons. The molecule has 3 atom stereocenters. The molecule has 2 rings (SSSR count). The number of likely N-dealkylation sites (tertiary alicyclic amines) is 1. The molecule has 0 spiro atoms. The Balaban J connectivity index is 1.74. The van der Waals surface area contributed by atoms with Gasteiger partial charge in [-0.1, -0.05) is 0 Å². The van der Waals surface area contributed by atoms with E-state index >= 15 is 0 Å². The molecule has 7 nitrogen and oxygen atoms in total. The van der Waals surface area contributed by atoms with Crippen LogP contribution < -0.4 is 5.32 Å². The van der Waals surface area contributed by atoms with Crippen LogP contribution in [-0.2, 0) is 14.3 Å². The summed E-state index contributed by atoms with van der Waals surface area (Å²) in [4.78, 5) is 28.9. The average molecular weight is 384 g/mol. The standard InChI is InChI=1S/C20H37N3O4/c1-14-12-23(13-15(2)26-14)18(24)16(3)22-9-7-17(8-10-22)11-21-19(25)27-20(4,5)6/h14-17H,7-13H2,1-6H3,(H,21,25). The van der Waals surface area contributed by atoms with E-state index in [9.17, 15) is 9.59 Å². The highest BCUT2D eigenvalue weighted by atomic mass is 16.6. The van der Waals surface area contributed by atoms with Crippen molar-refractivity contribution in [2.75, 3.05) is 32.7 Å². The number of nitrogens with one attached hydrogen (secondary N) is 1. The number of rotatable bonds is 4. The van der Waals surface area contributed by atoms with Gasteiger partial charge in [0.15, 0.2) is 0 Å². The summed E-state index contributed by atoms with van der Waals surface area (Å²) in [6.07, 6.45) is 1.78. The molecular formula is C20H37N3O4. The third-order valence-corrected chi connectivity index (χ3v) is 5.22. The van der Waals surface area contributed by atoms with Crippen molar-refractivity contribution in [2.24, 2.45) is 5.92 Å². The molecule has 2 amide bonds. The van der Waals surface area contributed by atoms with Crippen LogP contribution in [-0.4, -0.2) is 78.4 Å². The Morgan fingerprint density at radius 2 is 1.70 bits per heavy atom. The van der Waals surface area contributed by atoms with Crippen molar-refractivity contribution in [1.29, 1.82) is 0 Å². The fourth-order valence-electron chi connectivity index (χ4n) is 3.86. The van der Waals surface area contributed by atoms with E-state index in [-0.39, 0.29) is 30.3 Å². The summed E-state index contributed by atoms with van der Waals surface area (Å²) in [5.41, 5.74) is -0.474. The van der Waals surface area contributed by atoms with Crippen molar-refractivity contribution in [2.45, 2.75) is 78.2 Å². The Morgan fingerprint density at radius 1 is 1.15 bits per heavy atom. The van der Waals surface area contributed by atoms with Gasteiger partial charge in [-0.3, -0.25) is 9.69 Å². The number of ether oxygens (including phenoxy) is 2. The molecular weight excluding hydrogens is 346 g/mol. The predicted molar refractivity (Wildman–Crippen MR) is 105 cm³/mol. The third-order valence-electron chi connectivity index (χ3n) is 5.22. The number of piperidine rings is 1. The minimum absolute atomic E-state index is 0.0922. The van der Waals surface area contributed by atoms with Crippen LogP contribution in [0, 0.1) is 5.92 Å². The monoisotopic (exact) mass is 383 g/mol. The van der Waals surface area contributed by atoms with Crippen LogP contribution in [0.2, 0.25) is 0 Å². The van der Waals surface area contributed by atoms with Crippen LogP contribution in [0.1, 0.15) is 54.4 Å². The van der Waals surface area contributed by atoms with Crippen molar-refractivity contribution in [1.82, 2.24) is 15.1 Å². The van der Waals surface area contributed by atoms with E-state index in [1.807, 2.05) is 46.4 Å². The van der Waals surface area contributed by atoms with Crippen molar-refractivity contribution < 1.29 is 19.1 Å². The van der Waals surface area contributed by atoms with Crippen LogP contribution in [0.25, 0.3) is 0 Å². The fourth-order valence-corrected chi connectivity index (χ4v) is 3.86. The summed E-state index contributed by atoms with van der Waals surface area (Å²) in [6.45, 7) is 15.3. The van der Waals surface area contributed by atoms with E-state index in [0.717, 1.165) is 25.9 Å². The highest BCUT2D eigenvalue weighted by Gasteiger charge is 2.33. The van der Waals surface area contributed by atoms with Gasteiger partial charge in [0.05, 0.1) is 18.2 Å². The van der Waals surface area contributed by atoms with Crippen molar-refractivity contribution in [3.8, 4) is 0 Å². The van der Waals surface area contributed by atoms with Crippen LogP contribution in [0.15, 0.2) is 0 Å². The van der Waals surface area contributed by atoms with E-state index in [2.05, 4.69) is 10.2 Å². The molecule has 0 radical (unpaired) electrons. The van der Waals surface area contributed by atoms with E-state index in [4.69, 9.17) is 9.47 Å². The van der Waals surface area contributed by atoms with Gasteiger partial charge in [0.1, 0.15) is 5.60 Å². The maximum atomic E-state index is 12.9. The fraction of sp³-hybridized carbons (Fsp3) is 0.900. The molecule has 0 aromatic heterocycles. The molecule has 0 aromatic rings. The highest BCUT2D eigenvalue weighted by molar-refractivity contribution is 5.81. The molecule has 0 aromatic carbocycles. The zero-order chi connectivity index (χ0) is 20.2. The van der Waals surface area contributed by atoms with Crippen LogP contribution in [0.5, 0.6) is 0 Å². The minimum atomic E-state index is -0.474. The second-order valence-electron chi connectivity index (χ2n) is 9.04. The van der Waals surface area contributed by atoms with Gasteiger partial charge in [-0.05, 0) is 73.4 Å². The normalized spacial score (nSPS) is 26.5. The molecule has 2 saturated heterocycles. The lowest BCUT2D eigenvalue weighted by molar-refractivity contribution is -0.148. The Labute approximate surface area is 163 Å². The van der Waals surface area contributed by atoms with Gasteiger partial charge < -0.3 is 19.7 Å². The molecule has 1 N–H and O–H groups in total. The predicted octanol–water partition coefficient (Wildman–Crippen LogP) is 2.25. The van der Waals surface area contributed by atoms with Gasteiger partial charge in [-0.25, -0.2) is 4.79 Å². The quantitative estimate of drug-likeness (QED) is 0.806. The number of carbonyl (C=O) groups excluding carboxylic acids is 2. The van der Waals surface area contributed by atoms with Gasteiger partial charge in [0.25, 0.3) is 0 Å². The molecule has 7 heteroatoms. The molecule has 27 heavy (non-hydrogen) atoms. The largest absolute Gasteiger partial charge is 0.444 e. The summed E-state index contributed by atoms with van der Waals surface area (Å²) < 4.78 is 11.0. The summed E-state index contributed by atoms with van der Waals surface area (Å²) in [5, 5.41) is 2.87. The molecule has 3 unspecified atom stereocenters. The maximum absolute atomic E-state index is 12.9. The Bertz CT molecular complexity index is 502. The molecule has 0 bridgehead atoms. The number of amides is 2. The molecule has 2 fully saturated rings. The molecule has 0 saturated carbocycles. The van der Waals surface area contributed by atoms with Crippen LogP contribution in [0.3, 0.4) is 0 Å². The number of hydrogen-bond donors (Lipinski definition) is 1. The van der Waals surface area contributed by atoms with E-state index < -0.39 is 5.60 Å². The van der Waals surface area contributed by atoms with E-state index in [1.54, 1.807) is 0 Å². The second-order valence-corrected chi connectivity index (χ2v) is 9.04.